The van der Waals surface area contributed by atoms with Crippen LogP contribution in [0.25, 0.3) is 0 Å². The smallest absolute Gasteiger partial charge is 0.253 e. The van der Waals surface area contributed by atoms with Crippen molar-refractivity contribution in [3.63, 3.8) is 0 Å². The van der Waals surface area contributed by atoms with Crippen LogP contribution >= 0.6 is 24.0 Å². The number of benzene rings is 1. The molecular weight excluding hydrogens is 469 g/mol. The van der Waals surface area contributed by atoms with E-state index in [2.05, 4.69) is 20.9 Å². The fourth-order valence-corrected chi connectivity index (χ4v) is 2.45. The molecule has 0 spiro atoms. The predicted molar refractivity (Wildman–Crippen MR) is 125 cm³/mol. The van der Waals surface area contributed by atoms with E-state index in [0.717, 1.165) is 18.5 Å². The second kappa shape index (κ2) is 14.2. The SMILES string of the molecule is CCNC(=NCCC(=O)NC(C)C)NCCc1cccc(C(=O)N(C)C)c1.I. The summed E-state index contributed by atoms with van der Waals surface area (Å²) < 4.78 is 0. The Hall–Kier alpha value is -1.84. The van der Waals surface area contributed by atoms with Crippen LogP contribution in [0.4, 0.5) is 0 Å². The molecule has 28 heavy (non-hydrogen) atoms. The lowest BCUT2D eigenvalue weighted by molar-refractivity contribution is -0.121. The summed E-state index contributed by atoms with van der Waals surface area (Å²) in [6, 6.07) is 7.80. The van der Waals surface area contributed by atoms with Crippen LogP contribution in [-0.2, 0) is 11.2 Å². The highest BCUT2D eigenvalue weighted by Crippen LogP contribution is 2.07. The number of carbonyl (C=O) groups is 2. The first-order valence-corrected chi connectivity index (χ1v) is 9.45. The van der Waals surface area contributed by atoms with Gasteiger partial charge in [0.1, 0.15) is 0 Å². The summed E-state index contributed by atoms with van der Waals surface area (Å²) in [5, 5.41) is 9.30. The highest BCUT2D eigenvalue weighted by Gasteiger charge is 2.08. The van der Waals surface area contributed by atoms with Gasteiger partial charge in [0.2, 0.25) is 5.91 Å². The van der Waals surface area contributed by atoms with Crippen molar-refractivity contribution < 1.29 is 9.59 Å². The molecule has 1 aromatic carbocycles. The van der Waals surface area contributed by atoms with Crippen LogP contribution < -0.4 is 16.0 Å². The number of hydrogen-bond donors (Lipinski definition) is 3. The van der Waals surface area contributed by atoms with E-state index < -0.39 is 0 Å². The molecule has 158 valence electrons. The molecule has 8 heteroatoms. The number of amides is 2. The quantitative estimate of drug-likeness (QED) is 0.274. The standard InChI is InChI=1S/C20H33N5O2.HI/c1-6-21-20(23-13-11-18(26)24-15(2)3)22-12-10-16-8-7-9-17(14-16)19(27)25(4)5;/h7-9,14-15H,6,10-13H2,1-5H3,(H,24,26)(H2,21,22,23);1H. The summed E-state index contributed by atoms with van der Waals surface area (Å²) in [6.45, 7) is 7.74. The maximum absolute atomic E-state index is 12.1. The Morgan fingerprint density at radius 1 is 1.18 bits per heavy atom. The lowest BCUT2D eigenvalue weighted by Crippen LogP contribution is -2.38. The molecule has 0 fully saturated rings. The Kier molecular flexibility index (Phi) is 13.3. The van der Waals surface area contributed by atoms with Crippen molar-refractivity contribution in [2.24, 2.45) is 4.99 Å². The molecule has 0 aliphatic heterocycles. The van der Waals surface area contributed by atoms with Crippen molar-refractivity contribution in [1.29, 1.82) is 0 Å². The minimum absolute atomic E-state index is 0. The van der Waals surface area contributed by atoms with Gasteiger partial charge in [0.15, 0.2) is 5.96 Å². The molecule has 0 heterocycles. The molecular formula is C20H34IN5O2. The first kappa shape index (κ1) is 26.2. The van der Waals surface area contributed by atoms with Gasteiger partial charge in [0.25, 0.3) is 5.91 Å². The average Bonchev–Trinajstić information content (AvgIpc) is 2.60. The first-order chi connectivity index (χ1) is 12.8. The Labute approximate surface area is 185 Å². The Morgan fingerprint density at radius 2 is 1.89 bits per heavy atom. The van der Waals surface area contributed by atoms with Crippen molar-refractivity contribution in [1.82, 2.24) is 20.9 Å². The molecule has 0 aromatic heterocycles. The number of nitrogens with one attached hydrogen (secondary N) is 3. The zero-order valence-electron chi connectivity index (χ0n) is 17.5. The van der Waals surface area contributed by atoms with E-state index >= 15 is 0 Å². The monoisotopic (exact) mass is 503 g/mol. The van der Waals surface area contributed by atoms with Crippen molar-refractivity contribution in [2.45, 2.75) is 39.7 Å². The molecule has 0 saturated carbocycles. The van der Waals surface area contributed by atoms with E-state index in [1.54, 1.807) is 19.0 Å². The first-order valence-electron chi connectivity index (χ1n) is 9.45. The molecule has 2 amide bonds. The van der Waals surface area contributed by atoms with Crippen molar-refractivity contribution in [2.75, 3.05) is 33.7 Å². The number of hydrogen-bond acceptors (Lipinski definition) is 3. The summed E-state index contributed by atoms with van der Waals surface area (Å²) >= 11 is 0. The highest BCUT2D eigenvalue weighted by molar-refractivity contribution is 14.0. The van der Waals surface area contributed by atoms with Gasteiger partial charge < -0.3 is 20.9 Å². The van der Waals surface area contributed by atoms with Gasteiger partial charge >= 0.3 is 0 Å². The third-order valence-corrected chi connectivity index (χ3v) is 3.69. The van der Waals surface area contributed by atoms with Gasteiger partial charge in [-0.25, -0.2) is 0 Å². The topological polar surface area (TPSA) is 85.8 Å². The Bertz CT molecular complexity index is 647. The van der Waals surface area contributed by atoms with Crippen LogP contribution in [0.1, 0.15) is 43.1 Å². The zero-order valence-corrected chi connectivity index (χ0v) is 19.9. The Morgan fingerprint density at radius 3 is 2.50 bits per heavy atom. The second-order valence-corrected chi connectivity index (χ2v) is 6.81. The number of rotatable bonds is 9. The van der Waals surface area contributed by atoms with Gasteiger partial charge in [0.05, 0.1) is 6.54 Å². The third kappa shape index (κ3) is 10.5. The van der Waals surface area contributed by atoms with Crippen LogP contribution in [0.5, 0.6) is 0 Å². The molecule has 0 aliphatic carbocycles. The zero-order chi connectivity index (χ0) is 20.2. The van der Waals surface area contributed by atoms with Gasteiger partial charge in [-0.15, -0.1) is 24.0 Å². The van der Waals surface area contributed by atoms with E-state index in [4.69, 9.17) is 0 Å². The van der Waals surface area contributed by atoms with E-state index in [0.29, 0.717) is 31.0 Å². The molecule has 1 aromatic rings. The molecule has 0 unspecified atom stereocenters. The van der Waals surface area contributed by atoms with Crippen molar-refractivity contribution >= 4 is 41.8 Å². The van der Waals surface area contributed by atoms with E-state index in [1.165, 1.54) is 0 Å². The summed E-state index contributed by atoms with van der Waals surface area (Å²) in [7, 11) is 3.49. The van der Waals surface area contributed by atoms with Crippen LogP contribution in [-0.4, -0.2) is 62.4 Å². The summed E-state index contributed by atoms with van der Waals surface area (Å²) in [6.07, 6.45) is 1.14. The molecule has 0 bridgehead atoms. The van der Waals surface area contributed by atoms with E-state index in [-0.39, 0.29) is 41.8 Å². The molecule has 0 atom stereocenters. The maximum atomic E-state index is 12.1. The lowest BCUT2D eigenvalue weighted by Gasteiger charge is -2.13. The van der Waals surface area contributed by atoms with E-state index in [9.17, 15) is 9.59 Å². The van der Waals surface area contributed by atoms with Crippen molar-refractivity contribution in [3.8, 4) is 0 Å². The fraction of sp³-hybridized carbons (Fsp3) is 0.550. The van der Waals surface area contributed by atoms with Crippen molar-refractivity contribution in [3.05, 3.63) is 35.4 Å². The molecule has 0 aliphatic rings. The summed E-state index contributed by atoms with van der Waals surface area (Å²) in [4.78, 5) is 29.7. The molecule has 1 rings (SSSR count). The van der Waals surface area contributed by atoms with Gasteiger partial charge in [-0.1, -0.05) is 12.1 Å². The Balaban J connectivity index is 0.00000729. The van der Waals surface area contributed by atoms with Crippen LogP contribution in [0.2, 0.25) is 0 Å². The summed E-state index contributed by atoms with van der Waals surface area (Å²) in [5.74, 6) is 0.696. The third-order valence-electron chi connectivity index (χ3n) is 3.69. The van der Waals surface area contributed by atoms with Gasteiger partial charge in [-0.3, -0.25) is 14.6 Å². The molecule has 0 radical (unpaired) electrons. The normalized spacial score (nSPS) is 10.9. The second-order valence-electron chi connectivity index (χ2n) is 6.81. The fourth-order valence-electron chi connectivity index (χ4n) is 2.45. The number of halogens is 1. The van der Waals surface area contributed by atoms with Gasteiger partial charge in [0, 0.05) is 45.2 Å². The highest BCUT2D eigenvalue weighted by atomic mass is 127. The number of guanidine groups is 1. The summed E-state index contributed by atoms with van der Waals surface area (Å²) in [5.41, 5.74) is 1.77. The van der Waals surface area contributed by atoms with Gasteiger partial charge in [-0.05, 0) is 44.9 Å². The van der Waals surface area contributed by atoms with Crippen LogP contribution in [0.3, 0.4) is 0 Å². The number of carbonyl (C=O) groups excluding carboxylic acids is 2. The molecule has 7 nitrogen and oxygen atoms in total. The average molecular weight is 503 g/mol. The molecule has 0 saturated heterocycles. The maximum Gasteiger partial charge on any atom is 0.253 e. The van der Waals surface area contributed by atoms with Crippen LogP contribution in [0.15, 0.2) is 29.3 Å². The predicted octanol–water partition coefficient (Wildman–Crippen LogP) is 2.02. The number of nitrogens with zero attached hydrogens (tertiary/aromatic N) is 2. The minimum Gasteiger partial charge on any atom is -0.357 e. The minimum atomic E-state index is -0.000570. The lowest BCUT2D eigenvalue weighted by atomic mass is 10.1. The largest absolute Gasteiger partial charge is 0.357 e. The van der Waals surface area contributed by atoms with E-state index in [1.807, 2.05) is 45.0 Å². The van der Waals surface area contributed by atoms with Crippen LogP contribution in [0, 0.1) is 0 Å². The van der Waals surface area contributed by atoms with Gasteiger partial charge in [-0.2, -0.15) is 0 Å². The molecule has 3 N–H and O–H groups in total. The number of aliphatic imine (C=N–C) groups is 1.